The maximum Gasteiger partial charge on any atom is 0.148 e. The number of hydrogen-bond donors (Lipinski definition) is 0. The number of aryl methyl sites for hydroxylation is 2. The minimum Gasteiger partial charge on any atom is -0.0872 e. The highest BCUT2D eigenvalue weighted by atomic mass is 14.1. The van der Waals surface area contributed by atoms with E-state index in [9.17, 15) is 0 Å². The van der Waals surface area contributed by atoms with E-state index in [0.29, 0.717) is 0 Å². The first-order valence-corrected chi connectivity index (χ1v) is 5.73. The highest BCUT2D eigenvalue weighted by molar-refractivity contribution is 6.53. The summed E-state index contributed by atoms with van der Waals surface area (Å²) in [6.07, 6.45) is 6.72. The van der Waals surface area contributed by atoms with E-state index in [2.05, 4.69) is 33.2 Å². The van der Waals surface area contributed by atoms with Gasteiger partial charge in [-0.1, -0.05) is 42.0 Å². The lowest BCUT2D eigenvalue weighted by atomic mass is 9.67. The standard InChI is InChI=1S/C13H18B/c1-10-8-9-11-6-4-3-5-7-12(11)13(10)14-2/h8-9H,3-7H2,1-2H3. The summed E-state index contributed by atoms with van der Waals surface area (Å²) in [5.74, 6) is 0. The van der Waals surface area contributed by atoms with Gasteiger partial charge in [0.2, 0.25) is 0 Å². The Hall–Kier alpha value is -0.715. The average Bonchev–Trinajstić information content (AvgIpc) is 2.42. The summed E-state index contributed by atoms with van der Waals surface area (Å²) in [7, 11) is 2.28. The molecule has 0 aliphatic heterocycles. The zero-order chi connectivity index (χ0) is 9.97. The van der Waals surface area contributed by atoms with Crippen LogP contribution in [0.15, 0.2) is 12.1 Å². The number of fused-ring (bicyclic) bond motifs is 1. The summed E-state index contributed by atoms with van der Waals surface area (Å²) in [5.41, 5.74) is 6.17. The molecule has 0 aromatic heterocycles. The molecule has 1 radical (unpaired) electrons. The molecule has 0 spiro atoms. The Morgan fingerprint density at radius 3 is 2.64 bits per heavy atom. The Morgan fingerprint density at radius 2 is 1.86 bits per heavy atom. The predicted molar refractivity (Wildman–Crippen MR) is 63.7 cm³/mol. The van der Waals surface area contributed by atoms with Crippen LogP contribution in [0, 0.1) is 6.92 Å². The molecule has 1 aromatic rings. The topological polar surface area (TPSA) is 0 Å². The van der Waals surface area contributed by atoms with Crippen molar-refractivity contribution in [2.24, 2.45) is 0 Å². The van der Waals surface area contributed by atoms with E-state index in [1.54, 1.807) is 11.1 Å². The molecule has 0 saturated carbocycles. The van der Waals surface area contributed by atoms with Crippen LogP contribution in [0.25, 0.3) is 0 Å². The molecular formula is C13H18B. The van der Waals surface area contributed by atoms with Crippen LogP contribution in [-0.2, 0) is 12.8 Å². The third-order valence-corrected chi connectivity index (χ3v) is 3.33. The van der Waals surface area contributed by atoms with Crippen molar-refractivity contribution in [1.29, 1.82) is 0 Å². The molecule has 0 bridgehead atoms. The van der Waals surface area contributed by atoms with Gasteiger partial charge in [-0.2, -0.15) is 0 Å². The summed E-state index contributed by atoms with van der Waals surface area (Å²) >= 11 is 0. The van der Waals surface area contributed by atoms with E-state index in [1.807, 2.05) is 0 Å². The fourth-order valence-corrected chi connectivity index (χ4v) is 2.55. The van der Waals surface area contributed by atoms with Crippen LogP contribution in [0.2, 0.25) is 6.82 Å². The molecular weight excluding hydrogens is 167 g/mol. The van der Waals surface area contributed by atoms with Crippen molar-refractivity contribution in [2.45, 2.75) is 45.9 Å². The van der Waals surface area contributed by atoms with Crippen LogP contribution in [0.4, 0.5) is 0 Å². The minimum absolute atomic E-state index is 1.29. The summed E-state index contributed by atoms with van der Waals surface area (Å²) in [6, 6.07) is 4.61. The molecule has 1 aliphatic rings. The molecule has 2 rings (SSSR count). The highest BCUT2D eigenvalue weighted by Crippen LogP contribution is 2.19. The van der Waals surface area contributed by atoms with Crippen LogP contribution >= 0.6 is 0 Å². The lowest BCUT2D eigenvalue weighted by Gasteiger charge is -2.13. The Labute approximate surface area is 88.0 Å². The Balaban J connectivity index is 2.48. The number of rotatable bonds is 1. The minimum atomic E-state index is 1.29. The number of benzene rings is 1. The van der Waals surface area contributed by atoms with Crippen LogP contribution in [0.1, 0.15) is 36.0 Å². The molecule has 0 N–H and O–H groups in total. The van der Waals surface area contributed by atoms with Crippen molar-refractivity contribution >= 4 is 12.7 Å². The van der Waals surface area contributed by atoms with Gasteiger partial charge in [-0.3, -0.25) is 0 Å². The molecule has 1 aromatic carbocycles. The van der Waals surface area contributed by atoms with Gasteiger partial charge in [-0.15, -0.1) is 0 Å². The second-order valence-electron chi connectivity index (χ2n) is 4.28. The molecule has 0 saturated heterocycles. The Bertz CT molecular complexity index is 328. The van der Waals surface area contributed by atoms with Crippen molar-refractivity contribution < 1.29 is 0 Å². The van der Waals surface area contributed by atoms with Gasteiger partial charge in [-0.05, 0) is 38.2 Å². The molecule has 14 heavy (non-hydrogen) atoms. The highest BCUT2D eigenvalue weighted by Gasteiger charge is 2.12. The second-order valence-corrected chi connectivity index (χ2v) is 4.28. The third-order valence-electron chi connectivity index (χ3n) is 3.33. The lowest BCUT2D eigenvalue weighted by molar-refractivity contribution is 0.712. The molecule has 0 fully saturated rings. The maximum absolute atomic E-state index is 2.34. The largest absolute Gasteiger partial charge is 0.148 e. The summed E-state index contributed by atoms with van der Waals surface area (Å²) < 4.78 is 0. The van der Waals surface area contributed by atoms with E-state index >= 15 is 0 Å². The first-order chi connectivity index (χ1) is 6.83. The summed E-state index contributed by atoms with van der Waals surface area (Å²) in [5, 5.41) is 0. The van der Waals surface area contributed by atoms with E-state index < -0.39 is 0 Å². The molecule has 73 valence electrons. The first kappa shape index (κ1) is 9.83. The van der Waals surface area contributed by atoms with E-state index in [-0.39, 0.29) is 0 Å². The molecule has 0 nitrogen and oxygen atoms in total. The van der Waals surface area contributed by atoms with Crippen molar-refractivity contribution in [3.05, 3.63) is 28.8 Å². The van der Waals surface area contributed by atoms with Crippen molar-refractivity contribution in [2.75, 3.05) is 0 Å². The van der Waals surface area contributed by atoms with Crippen molar-refractivity contribution in [3.8, 4) is 0 Å². The number of hydrogen-bond acceptors (Lipinski definition) is 0. The van der Waals surface area contributed by atoms with Crippen molar-refractivity contribution in [1.82, 2.24) is 0 Å². The monoisotopic (exact) mass is 185 g/mol. The zero-order valence-electron chi connectivity index (χ0n) is 9.27. The predicted octanol–water partition coefficient (Wildman–Crippen LogP) is 2.64. The molecule has 0 amide bonds. The average molecular weight is 185 g/mol. The SMILES string of the molecule is C[B]c1c(C)ccc2c1CCCCC2. The van der Waals surface area contributed by atoms with Gasteiger partial charge in [0, 0.05) is 0 Å². The lowest BCUT2D eigenvalue weighted by Crippen LogP contribution is -2.21. The van der Waals surface area contributed by atoms with Crippen LogP contribution in [-0.4, -0.2) is 7.28 Å². The Kier molecular flexibility index (Phi) is 2.95. The van der Waals surface area contributed by atoms with Gasteiger partial charge in [0.15, 0.2) is 0 Å². The fraction of sp³-hybridized carbons (Fsp3) is 0.538. The van der Waals surface area contributed by atoms with Gasteiger partial charge < -0.3 is 0 Å². The van der Waals surface area contributed by atoms with Crippen LogP contribution in [0.3, 0.4) is 0 Å². The van der Waals surface area contributed by atoms with Gasteiger partial charge in [0.25, 0.3) is 0 Å². The van der Waals surface area contributed by atoms with Gasteiger partial charge >= 0.3 is 0 Å². The van der Waals surface area contributed by atoms with Crippen LogP contribution < -0.4 is 5.46 Å². The molecule has 0 unspecified atom stereocenters. The smallest absolute Gasteiger partial charge is 0.0872 e. The van der Waals surface area contributed by atoms with Gasteiger partial charge in [0.1, 0.15) is 7.28 Å². The summed E-state index contributed by atoms with van der Waals surface area (Å²) in [4.78, 5) is 0. The van der Waals surface area contributed by atoms with Crippen molar-refractivity contribution in [3.63, 3.8) is 0 Å². The van der Waals surface area contributed by atoms with E-state index in [0.717, 1.165) is 0 Å². The normalized spacial score (nSPS) is 15.9. The fourth-order valence-electron chi connectivity index (χ4n) is 2.55. The van der Waals surface area contributed by atoms with Crippen LogP contribution in [0.5, 0.6) is 0 Å². The third kappa shape index (κ3) is 1.73. The molecule has 0 atom stereocenters. The molecule has 1 heteroatoms. The molecule has 0 heterocycles. The quantitative estimate of drug-likeness (QED) is 0.466. The van der Waals surface area contributed by atoms with Gasteiger partial charge in [0.05, 0.1) is 0 Å². The first-order valence-electron chi connectivity index (χ1n) is 5.73. The summed E-state index contributed by atoms with van der Waals surface area (Å²) in [6.45, 7) is 4.38. The zero-order valence-corrected chi connectivity index (χ0v) is 9.27. The molecule has 1 aliphatic carbocycles. The maximum atomic E-state index is 2.34. The van der Waals surface area contributed by atoms with E-state index in [4.69, 9.17) is 0 Å². The van der Waals surface area contributed by atoms with Gasteiger partial charge in [-0.25, -0.2) is 0 Å². The second kappa shape index (κ2) is 4.21. The van der Waals surface area contributed by atoms with E-state index in [1.165, 1.54) is 43.1 Å². The Morgan fingerprint density at radius 1 is 1.07 bits per heavy atom.